The lowest BCUT2D eigenvalue weighted by molar-refractivity contribution is 0.0909. The molecule has 8 heteroatoms. The van der Waals surface area contributed by atoms with Crippen LogP contribution in [0.25, 0.3) is 0 Å². The molecule has 2 N–H and O–H groups in total. The van der Waals surface area contributed by atoms with Crippen molar-refractivity contribution in [3.05, 3.63) is 47.5 Å². The summed E-state index contributed by atoms with van der Waals surface area (Å²) in [6.45, 7) is 4.29. The molecular weight excluding hydrogens is 333 g/mol. The summed E-state index contributed by atoms with van der Waals surface area (Å²) < 4.78 is 14.7. The number of nitrogens with zero attached hydrogens (tertiary/aromatic N) is 3. The maximum absolute atomic E-state index is 13.2. The van der Waals surface area contributed by atoms with Crippen LogP contribution in [0.5, 0.6) is 0 Å². The Morgan fingerprint density at radius 2 is 2.33 bits per heavy atom. The van der Waals surface area contributed by atoms with Crippen molar-refractivity contribution in [2.24, 2.45) is 5.92 Å². The Morgan fingerprint density at radius 3 is 3.08 bits per heavy atom. The molecule has 1 aromatic carbocycles. The Kier molecular flexibility index (Phi) is 6.28. The minimum absolute atomic E-state index is 0. The molecule has 0 saturated carbocycles. The SMILES string of the molecule is CC1CNCCC1NC(=O)c1cn(Cc2cccc(F)c2)nn1.Cl. The lowest BCUT2D eigenvalue weighted by atomic mass is 9.95. The van der Waals surface area contributed by atoms with Crippen LogP contribution in [0.15, 0.2) is 30.5 Å². The van der Waals surface area contributed by atoms with Gasteiger partial charge in [-0.3, -0.25) is 4.79 Å². The first-order valence-corrected chi connectivity index (χ1v) is 7.78. The van der Waals surface area contributed by atoms with E-state index in [1.165, 1.54) is 16.8 Å². The van der Waals surface area contributed by atoms with Gasteiger partial charge in [0.25, 0.3) is 5.91 Å². The molecule has 2 heterocycles. The van der Waals surface area contributed by atoms with Crippen molar-refractivity contribution in [3.63, 3.8) is 0 Å². The van der Waals surface area contributed by atoms with Crippen molar-refractivity contribution in [2.45, 2.75) is 25.9 Å². The second-order valence-corrected chi connectivity index (χ2v) is 5.98. The number of hydrogen-bond donors (Lipinski definition) is 2. The highest BCUT2D eigenvalue weighted by Crippen LogP contribution is 2.11. The molecule has 24 heavy (non-hydrogen) atoms. The van der Waals surface area contributed by atoms with Crippen LogP contribution in [0.4, 0.5) is 4.39 Å². The molecule has 1 aliphatic heterocycles. The number of carbonyl (C=O) groups is 1. The number of halogens is 2. The number of rotatable bonds is 4. The third kappa shape index (κ3) is 4.52. The van der Waals surface area contributed by atoms with Crippen LogP contribution in [0, 0.1) is 11.7 Å². The Morgan fingerprint density at radius 1 is 1.50 bits per heavy atom. The summed E-state index contributed by atoms with van der Waals surface area (Å²) in [6.07, 6.45) is 2.50. The maximum Gasteiger partial charge on any atom is 0.273 e. The largest absolute Gasteiger partial charge is 0.347 e. The second-order valence-electron chi connectivity index (χ2n) is 5.98. The van der Waals surface area contributed by atoms with Gasteiger partial charge in [0, 0.05) is 6.04 Å². The molecule has 3 rings (SSSR count). The maximum atomic E-state index is 13.2. The molecular formula is C16H21ClFN5O. The monoisotopic (exact) mass is 353 g/mol. The third-order valence-corrected chi connectivity index (χ3v) is 4.11. The van der Waals surface area contributed by atoms with Gasteiger partial charge in [0.1, 0.15) is 5.82 Å². The molecule has 0 spiro atoms. The number of nitrogens with one attached hydrogen (secondary N) is 2. The quantitative estimate of drug-likeness (QED) is 0.876. The van der Waals surface area contributed by atoms with Gasteiger partial charge >= 0.3 is 0 Å². The van der Waals surface area contributed by atoms with Gasteiger partial charge in [-0.1, -0.05) is 24.3 Å². The highest BCUT2D eigenvalue weighted by atomic mass is 35.5. The second kappa shape index (κ2) is 8.21. The average Bonchev–Trinajstić information content (AvgIpc) is 2.98. The van der Waals surface area contributed by atoms with E-state index in [4.69, 9.17) is 0 Å². The van der Waals surface area contributed by atoms with Crippen LogP contribution in [-0.2, 0) is 6.54 Å². The minimum Gasteiger partial charge on any atom is -0.347 e. The molecule has 0 aliphatic carbocycles. The first-order valence-electron chi connectivity index (χ1n) is 7.78. The fraction of sp³-hybridized carbons (Fsp3) is 0.438. The fourth-order valence-electron chi connectivity index (χ4n) is 2.77. The average molecular weight is 354 g/mol. The van der Waals surface area contributed by atoms with E-state index < -0.39 is 0 Å². The number of hydrogen-bond acceptors (Lipinski definition) is 4. The zero-order valence-corrected chi connectivity index (χ0v) is 14.2. The van der Waals surface area contributed by atoms with Crippen LogP contribution in [0.3, 0.4) is 0 Å². The third-order valence-electron chi connectivity index (χ3n) is 4.11. The molecule has 1 saturated heterocycles. The van der Waals surface area contributed by atoms with Crippen LogP contribution in [0.2, 0.25) is 0 Å². The van der Waals surface area contributed by atoms with Crippen molar-refractivity contribution in [1.82, 2.24) is 25.6 Å². The zero-order valence-electron chi connectivity index (χ0n) is 13.4. The fourth-order valence-corrected chi connectivity index (χ4v) is 2.77. The normalized spacial score (nSPS) is 20.2. The molecule has 1 fully saturated rings. The highest BCUT2D eigenvalue weighted by Gasteiger charge is 2.24. The van der Waals surface area contributed by atoms with Crippen LogP contribution in [-0.4, -0.2) is 40.0 Å². The summed E-state index contributed by atoms with van der Waals surface area (Å²) in [5, 5.41) is 14.2. The summed E-state index contributed by atoms with van der Waals surface area (Å²) in [4.78, 5) is 12.3. The molecule has 1 amide bonds. The van der Waals surface area contributed by atoms with Crippen molar-refractivity contribution >= 4 is 18.3 Å². The van der Waals surface area contributed by atoms with E-state index >= 15 is 0 Å². The van der Waals surface area contributed by atoms with Crippen molar-refractivity contribution in [1.29, 1.82) is 0 Å². The number of aromatic nitrogens is 3. The van der Waals surface area contributed by atoms with Crippen molar-refractivity contribution in [3.8, 4) is 0 Å². The Balaban J connectivity index is 0.00000208. The number of amides is 1. The lowest BCUT2D eigenvalue weighted by Crippen LogP contribution is -2.48. The predicted octanol–water partition coefficient (Wildman–Crippen LogP) is 1.62. The topological polar surface area (TPSA) is 71.8 Å². The van der Waals surface area contributed by atoms with Crippen LogP contribution < -0.4 is 10.6 Å². The summed E-state index contributed by atoms with van der Waals surface area (Å²) in [6, 6.07) is 6.44. The smallest absolute Gasteiger partial charge is 0.273 e. The molecule has 1 aliphatic rings. The zero-order chi connectivity index (χ0) is 16.2. The first kappa shape index (κ1) is 18.4. The van der Waals surface area contributed by atoms with Gasteiger partial charge in [-0.05, 0) is 43.1 Å². The molecule has 0 bridgehead atoms. The number of carbonyl (C=O) groups excluding carboxylic acids is 1. The van der Waals surface area contributed by atoms with Crippen LogP contribution >= 0.6 is 12.4 Å². The summed E-state index contributed by atoms with van der Waals surface area (Å²) in [7, 11) is 0. The van der Waals surface area contributed by atoms with Gasteiger partial charge in [0.2, 0.25) is 0 Å². The van der Waals surface area contributed by atoms with Gasteiger partial charge in [-0.25, -0.2) is 9.07 Å². The Labute approximate surface area is 146 Å². The molecule has 0 radical (unpaired) electrons. The molecule has 130 valence electrons. The summed E-state index contributed by atoms with van der Waals surface area (Å²) in [5.41, 5.74) is 1.06. The van der Waals surface area contributed by atoms with Crippen molar-refractivity contribution < 1.29 is 9.18 Å². The highest BCUT2D eigenvalue weighted by molar-refractivity contribution is 5.92. The standard InChI is InChI=1S/C16H20FN5O.ClH/c1-11-8-18-6-5-14(11)19-16(23)15-10-22(21-20-15)9-12-3-2-4-13(17)7-12;/h2-4,7,10-11,14,18H,5-6,8-9H2,1H3,(H,19,23);1H. The van der Waals surface area contributed by atoms with Crippen molar-refractivity contribution in [2.75, 3.05) is 13.1 Å². The number of piperidine rings is 1. The molecule has 6 nitrogen and oxygen atoms in total. The molecule has 2 atom stereocenters. The lowest BCUT2D eigenvalue weighted by Gasteiger charge is -2.29. The van der Waals surface area contributed by atoms with Gasteiger partial charge in [-0.2, -0.15) is 0 Å². The van der Waals surface area contributed by atoms with E-state index in [9.17, 15) is 9.18 Å². The van der Waals surface area contributed by atoms with E-state index in [1.54, 1.807) is 18.3 Å². The van der Waals surface area contributed by atoms with Gasteiger partial charge < -0.3 is 10.6 Å². The number of benzene rings is 1. The minimum atomic E-state index is -0.291. The summed E-state index contributed by atoms with van der Waals surface area (Å²) >= 11 is 0. The Hall–Kier alpha value is -1.99. The van der Waals surface area contributed by atoms with E-state index in [-0.39, 0.29) is 35.9 Å². The molecule has 2 unspecified atom stereocenters. The van der Waals surface area contributed by atoms with E-state index in [2.05, 4.69) is 27.9 Å². The summed E-state index contributed by atoms with van der Waals surface area (Å²) in [5.74, 6) is -0.121. The van der Waals surface area contributed by atoms with Gasteiger partial charge in [0.15, 0.2) is 5.69 Å². The Bertz CT molecular complexity index is 693. The first-order chi connectivity index (χ1) is 11.1. The predicted molar refractivity (Wildman–Crippen MR) is 90.7 cm³/mol. The molecule has 1 aromatic heterocycles. The van der Waals surface area contributed by atoms with E-state index in [0.717, 1.165) is 25.1 Å². The van der Waals surface area contributed by atoms with Crippen LogP contribution in [0.1, 0.15) is 29.4 Å². The van der Waals surface area contributed by atoms with E-state index in [0.29, 0.717) is 12.5 Å². The van der Waals surface area contributed by atoms with Gasteiger partial charge in [-0.15, -0.1) is 17.5 Å². The van der Waals surface area contributed by atoms with E-state index in [1.807, 2.05) is 0 Å². The van der Waals surface area contributed by atoms with Gasteiger partial charge in [0.05, 0.1) is 12.7 Å². The molecule has 2 aromatic rings.